The number of hydrogen-bond donors (Lipinski definition) is 1. The van der Waals surface area contributed by atoms with E-state index in [2.05, 4.69) is 10.3 Å². The smallest absolute Gasteiger partial charge is 0.244 e. The Morgan fingerprint density at radius 2 is 2.00 bits per heavy atom. The first-order valence-corrected chi connectivity index (χ1v) is 8.25. The monoisotopic (exact) mass is 319 g/mol. The lowest BCUT2D eigenvalue weighted by Gasteiger charge is -2.26. The molecule has 0 spiro atoms. The van der Waals surface area contributed by atoms with Gasteiger partial charge >= 0.3 is 0 Å². The van der Waals surface area contributed by atoms with Gasteiger partial charge in [0, 0.05) is 26.3 Å². The average molecular weight is 320 g/mol. The van der Waals surface area contributed by atoms with Crippen LogP contribution in [-0.4, -0.2) is 37.8 Å². The predicted octanol–water partition coefficient (Wildman–Crippen LogP) is 2.83. The zero-order valence-electron chi connectivity index (χ0n) is 12.6. The molecule has 0 amide bonds. The van der Waals surface area contributed by atoms with Crippen LogP contribution in [0, 0.1) is 5.41 Å². The number of anilines is 1. The van der Waals surface area contributed by atoms with Crippen LogP contribution in [0.5, 0.6) is 0 Å². The molecule has 1 N–H and O–H groups in total. The third kappa shape index (κ3) is 4.33. The fourth-order valence-corrected chi connectivity index (χ4v) is 3.46. The van der Waals surface area contributed by atoms with Gasteiger partial charge in [0.2, 0.25) is 10.0 Å². The van der Waals surface area contributed by atoms with Crippen molar-refractivity contribution in [1.29, 1.82) is 0 Å². The first-order valence-electron chi connectivity index (χ1n) is 6.43. The van der Waals surface area contributed by atoms with Gasteiger partial charge in [-0.3, -0.25) is 0 Å². The molecule has 0 bridgehead atoms. The molecule has 114 valence electrons. The maximum absolute atomic E-state index is 12.4. The van der Waals surface area contributed by atoms with Gasteiger partial charge in [-0.1, -0.05) is 32.4 Å². The van der Waals surface area contributed by atoms with E-state index in [4.69, 9.17) is 11.6 Å². The second-order valence-electron chi connectivity index (χ2n) is 5.85. The maximum atomic E-state index is 12.4. The van der Waals surface area contributed by atoms with E-state index in [1.807, 2.05) is 27.7 Å². The fourth-order valence-electron chi connectivity index (χ4n) is 1.79. The van der Waals surface area contributed by atoms with E-state index >= 15 is 0 Å². The van der Waals surface area contributed by atoms with E-state index in [0.717, 1.165) is 0 Å². The van der Waals surface area contributed by atoms with E-state index in [1.165, 1.54) is 16.6 Å². The molecule has 1 rings (SSSR count). The van der Waals surface area contributed by atoms with Gasteiger partial charge in [0.05, 0.1) is 5.02 Å². The van der Waals surface area contributed by atoms with Crippen molar-refractivity contribution in [1.82, 2.24) is 9.29 Å². The van der Waals surface area contributed by atoms with E-state index in [0.29, 0.717) is 23.9 Å². The van der Waals surface area contributed by atoms with Crippen molar-refractivity contribution in [3.63, 3.8) is 0 Å². The Hall–Kier alpha value is -0.850. The number of sulfonamides is 1. The number of hydrogen-bond acceptors (Lipinski definition) is 4. The van der Waals surface area contributed by atoms with Crippen molar-refractivity contribution in [2.75, 3.05) is 25.5 Å². The molecular formula is C13H22ClN3O2S. The second-order valence-corrected chi connectivity index (χ2v) is 8.31. The van der Waals surface area contributed by atoms with Gasteiger partial charge in [0.1, 0.15) is 10.7 Å². The Labute approximate surface area is 126 Å². The Bertz CT molecular complexity index is 567. The molecule has 20 heavy (non-hydrogen) atoms. The summed E-state index contributed by atoms with van der Waals surface area (Å²) in [7, 11) is -2.01. The lowest BCUT2D eigenvalue weighted by atomic mass is 9.97. The summed E-state index contributed by atoms with van der Waals surface area (Å²) in [5.41, 5.74) is -0.122. The molecular weight excluding hydrogens is 298 g/mol. The number of rotatable bonds is 5. The number of halogens is 1. The number of pyridine rings is 1. The van der Waals surface area contributed by atoms with Crippen LogP contribution in [0.4, 0.5) is 5.82 Å². The number of nitrogens with one attached hydrogen (secondary N) is 1. The summed E-state index contributed by atoms with van der Waals surface area (Å²) in [5.74, 6) is 0.492. The third-order valence-electron chi connectivity index (χ3n) is 2.57. The number of aromatic nitrogens is 1. The normalized spacial score (nSPS) is 12.8. The van der Waals surface area contributed by atoms with Crippen molar-refractivity contribution in [2.45, 2.75) is 32.6 Å². The Morgan fingerprint density at radius 1 is 1.40 bits per heavy atom. The molecule has 0 radical (unpaired) electrons. The van der Waals surface area contributed by atoms with Crippen LogP contribution in [0.15, 0.2) is 17.2 Å². The zero-order valence-corrected chi connectivity index (χ0v) is 14.1. The first-order chi connectivity index (χ1) is 9.08. The topological polar surface area (TPSA) is 62.3 Å². The van der Waals surface area contributed by atoms with Gasteiger partial charge < -0.3 is 5.32 Å². The average Bonchev–Trinajstić information content (AvgIpc) is 2.29. The quantitative estimate of drug-likeness (QED) is 0.906. The molecule has 0 aliphatic rings. The van der Waals surface area contributed by atoms with Gasteiger partial charge in [0.25, 0.3) is 0 Å². The summed E-state index contributed by atoms with van der Waals surface area (Å²) >= 11 is 6.04. The lowest BCUT2D eigenvalue weighted by molar-refractivity contribution is 0.310. The molecule has 0 aromatic carbocycles. The minimum Gasteiger partial charge on any atom is -0.369 e. The molecule has 0 unspecified atom stereocenters. The van der Waals surface area contributed by atoms with Gasteiger partial charge in [-0.05, 0) is 18.4 Å². The summed E-state index contributed by atoms with van der Waals surface area (Å²) in [5, 5.41) is 3.27. The molecule has 7 heteroatoms. The highest BCUT2D eigenvalue weighted by atomic mass is 35.5. The SMILES string of the molecule is CCNc1ncc(S(=O)(=O)N(C)CC(C)(C)C)cc1Cl. The van der Waals surface area contributed by atoms with Crippen molar-refractivity contribution < 1.29 is 8.42 Å². The van der Waals surface area contributed by atoms with Gasteiger partial charge in [0.15, 0.2) is 0 Å². The zero-order chi connectivity index (χ0) is 15.6. The lowest BCUT2D eigenvalue weighted by Crippen LogP contribution is -2.34. The Morgan fingerprint density at radius 3 is 2.45 bits per heavy atom. The summed E-state index contributed by atoms with van der Waals surface area (Å²) in [4.78, 5) is 4.17. The first kappa shape index (κ1) is 17.2. The van der Waals surface area contributed by atoms with Crippen LogP contribution in [0.25, 0.3) is 0 Å². The molecule has 0 aliphatic carbocycles. The summed E-state index contributed by atoms with van der Waals surface area (Å²) in [6.45, 7) is 8.96. The predicted molar refractivity (Wildman–Crippen MR) is 82.7 cm³/mol. The summed E-state index contributed by atoms with van der Waals surface area (Å²) in [6.07, 6.45) is 1.33. The highest BCUT2D eigenvalue weighted by molar-refractivity contribution is 7.89. The Kier molecular flexibility index (Phi) is 5.40. The highest BCUT2D eigenvalue weighted by Crippen LogP contribution is 2.25. The molecule has 0 atom stereocenters. The van der Waals surface area contributed by atoms with Crippen molar-refractivity contribution in [2.24, 2.45) is 5.41 Å². The molecule has 0 saturated carbocycles. The molecule has 0 saturated heterocycles. The van der Waals surface area contributed by atoms with Crippen molar-refractivity contribution >= 4 is 27.4 Å². The molecule has 5 nitrogen and oxygen atoms in total. The van der Waals surface area contributed by atoms with Crippen LogP contribution in [0.3, 0.4) is 0 Å². The van der Waals surface area contributed by atoms with E-state index in [1.54, 1.807) is 7.05 Å². The molecule has 1 aromatic rings. The standard InChI is InChI=1S/C13H22ClN3O2S/c1-6-15-12-11(14)7-10(8-16-12)20(18,19)17(5)9-13(2,3)4/h7-8H,6,9H2,1-5H3,(H,15,16). The number of nitrogens with zero attached hydrogens (tertiary/aromatic N) is 2. The van der Waals surface area contributed by atoms with Crippen LogP contribution in [0.2, 0.25) is 5.02 Å². The summed E-state index contributed by atoms with van der Waals surface area (Å²) < 4.78 is 26.2. The molecule has 0 fully saturated rings. The molecule has 1 aromatic heterocycles. The maximum Gasteiger partial charge on any atom is 0.244 e. The Balaban J connectivity index is 3.07. The molecule has 1 heterocycles. The van der Waals surface area contributed by atoms with Crippen LogP contribution in [0.1, 0.15) is 27.7 Å². The van der Waals surface area contributed by atoms with Crippen LogP contribution < -0.4 is 5.32 Å². The van der Waals surface area contributed by atoms with Crippen molar-refractivity contribution in [3.05, 3.63) is 17.3 Å². The van der Waals surface area contributed by atoms with E-state index < -0.39 is 10.0 Å². The summed E-state index contributed by atoms with van der Waals surface area (Å²) in [6, 6.07) is 1.43. The largest absolute Gasteiger partial charge is 0.369 e. The molecule has 0 aliphatic heterocycles. The minimum absolute atomic E-state index is 0.107. The van der Waals surface area contributed by atoms with Crippen molar-refractivity contribution in [3.8, 4) is 0 Å². The van der Waals surface area contributed by atoms with Crippen LogP contribution >= 0.6 is 11.6 Å². The van der Waals surface area contributed by atoms with E-state index in [9.17, 15) is 8.42 Å². The van der Waals surface area contributed by atoms with Gasteiger partial charge in [-0.15, -0.1) is 0 Å². The van der Waals surface area contributed by atoms with Gasteiger partial charge in [-0.2, -0.15) is 0 Å². The highest BCUT2D eigenvalue weighted by Gasteiger charge is 2.26. The second kappa shape index (κ2) is 6.28. The van der Waals surface area contributed by atoms with E-state index in [-0.39, 0.29) is 10.3 Å². The van der Waals surface area contributed by atoms with Gasteiger partial charge in [-0.25, -0.2) is 17.7 Å². The minimum atomic E-state index is -3.57. The fraction of sp³-hybridized carbons (Fsp3) is 0.615. The van der Waals surface area contributed by atoms with Crippen LogP contribution in [-0.2, 0) is 10.0 Å². The third-order valence-corrected chi connectivity index (χ3v) is 4.62.